The minimum absolute atomic E-state index is 0.147. The van der Waals surface area contributed by atoms with Crippen LogP contribution in [-0.2, 0) is 6.54 Å². The maximum Gasteiger partial charge on any atom is 0.256 e. The average molecular weight is 432 g/mol. The lowest BCUT2D eigenvalue weighted by atomic mass is 10.2. The summed E-state index contributed by atoms with van der Waals surface area (Å²) >= 11 is 12.5. The Balaban J connectivity index is 1.67. The van der Waals surface area contributed by atoms with Gasteiger partial charge in [0.15, 0.2) is 5.82 Å². The van der Waals surface area contributed by atoms with Crippen LogP contribution < -0.4 is 5.32 Å². The van der Waals surface area contributed by atoms with E-state index in [4.69, 9.17) is 23.2 Å². The van der Waals surface area contributed by atoms with Gasteiger partial charge in [-0.25, -0.2) is 9.37 Å². The van der Waals surface area contributed by atoms with E-state index in [2.05, 4.69) is 20.4 Å². The van der Waals surface area contributed by atoms with Crippen molar-refractivity contribution in [1.82, 2.24) is 19.7 Å². The fourth-order valence-electron chi connectivity index (χ4n) is 3.01. The van der Waals surface area contributed by atoms with E-state index in [0.29, 0.717) is 22.4 Å². The second-order valence-corrected chi connectivity index (χ2v) is 7.27. The van der Waals surface area contributed by atoms with Crippen molar-refractivity contribution in [2.45, 2.75) is 19.9 Å². The maximum atomic E-state index is 14.2. The van der Waals surface area contributed by atoms with Gasteiger partial charge >= 0.3 is 0 Å². The molecule has 0 radical (unpaired) electrons. The van der Waals surface area contributed by atoms with Gasteiger partial charge in [-0.2, -0.15) is 5.10 Å². The number of aromatic amines is 1. The lowest BCUT2D eigenvalue weighted by molar-refractivity contribution is 0.102. The first-order valence-corrected chi connectivity index (χ1v) is 9.70. The number of aromatic nitrogens is 4. The molecule has 0 unspecified atom stereocenters. The van der Waals surface area contributed by atoms with Gasteiger partial charge in [-0.15, -0.1) is 0 Å². The summed E-state index contributed by atoms with van der Waals surface area (Å²) in [6.45, 7) is 2.81. The molecule has 0 aliphatic carbocycles. The smallest absolute Gasteiger partial charge is 0.256 e. The molecule has 2 aromatic heterocycles. The molecule has 148 valence electrons. The number of amides is 1. The predicted molar refractivity (Wildman–Crippen MR) is 112 cm³/mol. The number of rotatable bonds is 5. The number of imidazole rings is 1. The number of nitrogens with zero attached hydrogens (tertiary/aromatic N) is 3. The summed E-state index contributed by atoms with van der Waals surface area (Å²) in [7, 11) is 0. The lowest BCUT2D eigenvalue weighted by Crippen LogP contribution is -2.13. The third-order valence-electron chi connectivity index (χ3n) is 4.34. The number of H-pyrrole nitrogens is 1. The summed E-state index contributed by atoms with van der Waals surface area (Å²) in [5.74, 6) is -0.196. The standard InChI is InChI=1S/C20H16Cl2FN5O/c1-2-7-28-8-6-16(27-28)25-20(29)11-9-13(22)18-15(10-11)24-19(26-18)17-12(21)4-3-5-14(17)23/h3-6,8-10H,2,7H2,1H3,(H,24,26)(H,25,27,29). The van der Waals surface area contributed by atoms with Gasteiger partial charge in [0.2, 0.25) is 0 Å². The van der Waals surface area contributed by atoms with Gasteiger partial charge in [0.25, 0.3) is 5.91 Å². The van der Waals surface area contributed by atoms with E-state index in [0.717, 1.165) is 13.0 Å². The Morgan fingerprint density at radius 1 is 1.24 bits per heavy atom. The molecular formula is C20H16Cl2FN5O. The molecule has 4 aromatic rings. The molecule has 0 bridgehead atoms. The highest BCUT2D eigenvalue weighted by atomic mass is 35.5. The van der Waals surface area contributed by atoms with E-state index in [9.17, 15) is 9.18 Å². The molecule has 29 heavy (non-hydrogen) atoms. The topological polar surface area (TPSA) is 75.6 Å². The molecule has 0 aliphatic heterocycles. The molecule has 0 fully saturated rings. The molecule has 4 rings (SSSR count). The highest BCUT2D eigenvalue weighted by Gasteiger charge is 2.17. The fourth-order valence-corrected chi connectivity index (χ4v) is 3.53. The van der Waals surface area contributed by atoms with E-state index >= 15 is 0 Å². The van der Waals surface area contributed by atoms with E-state index in [-0.39, 0.29) is 27.3 Å². The van der Waals surface area contributed by atoms with Gasteiger partial charge in [-0.05, 0) is 30.7 Å². The SMILES string of the molecule is CCCn1ccc(NC(=O)c2cc(Cl)c3[nH]c(-c4c(F)cccc4Cl)nc3c2)n1. The summed E-state index contributed by atoms with van der Waals surface area (Å²) in [5.41, 5.74) is 1.37. The van der Waals surface area contributed by atoms with Crippen molar-refractivity contribution in [3.8, 4) is 11.4 Å². The Bertz CT molecular complexity index is 1200. The first kappa shape index (κ1) is 19.4. The second-order valence-electron chi connectivity index (χ2n) is 6.45. The first-order chi connectivity index (χ1) is 14.0. The van der Waals surface area contributed by atoms with Crippen LogP contribution in [0.4, 0.5) is 10.2 Å². The number of hydrogen-bond donors (Lipinski definition) is 2. The van der Waals surface area contributed by atoms with Crippen molar-refractivity contribution in [3.05, 3.63) is 64.0 Å². The minimum atomic E-state index is -0.506. The van der Waals surface area contributed by atoms with E-state index in [1.807, 2.05) is 6.92 Å². The highest BCUT2D eigenvalue weighted by molar-refractivity contribution is 6.36. The molecule has 0 spiro atoms. The van der Waals surface area contributed by atoms with Gasteiger partial charge in [0.05, 0.1) is 26.6 Å². The van der Waals surface area contributed by atoms with E-state index in [1.165, 1.54) is 18.2 Å². The summed E-state index contributed by atoms with van der Waals surface area (Å²) in [6, 6.07) is 9.21. The van der Waals surface area contributed by atoms with Gasteiger partial charge in [0.1, 0.15) is 11.6 Å². The molecule has 0 saturated carbocycles. The lowest BCUT2D eigenvalue weighted by Gasteiger charge is -2.03. The molecule has 2 heterocycles. The van der Waals surface area contributed by atoms with Gasteiger partial charge < -0.3 is 10.3 Å². The van der Waals surface area contributed by atoms with E-state index < -0.39 is 5.82 Å². The number of hydrogen-bond acceptors (Lipinski definition) is 3. The van der Waals surface area contributed by atoms with Crippen LogP contribution in [0.1, 0.15) is 23.7 Å². The van der Waals surface area contributed by atoms with Gasteiger partial charge in [-0.3, -0.25) is 9.48 Å². The maximum absolute atomic E-state index is 14.2. The zero-order valence-electron chi connectivity index (χ0n) is 15.3. The van der Waals surface area contributed by atoms with Crippen molar-refractivity contribution >= 4 is 46.0 Å². The quantitative estimate of drug-likeness (QED) is 0.435. The van der Waals surface area contributed by atoms with Crippen LogP contribution in [0.15, 0.2) is 42.6 Å². The van der Waals surface area contributed by atoms with Crippen molar-refractivity contribution in [1.29, 1.82) is 0 Å². The molecule has 6 nitrogen and oxygen atoms in total. The third-order valence-corrected chi connectivity index (χ3v) is 4.95. The van der Waals surface area contributed by atoms with Crippen LogP contribution in [0.2, 0.25) is 10.0 Å². The van der Waals surface area contributed by atoms with Crippen LogP contribution in [0.5, 0.6) is 0 Å². The zero-order valence-corrected chi connectivity index (χ0v) is 16.9. The molecule has 9 heteroatoms. The van der Waals surface area contributed by atoms with Crippen LogP contribution >= 0.6 is 23.2 Å². The van der Waals surface area contributed by atoms with Crippen LogP contribution in [0, 0.1) is 5.82 Å². The summed E-state index contributed by atoms with van der Waals surface area (Å²) in [6.07, 6.45) is 2.74. The number of carbonyl (C=O) groups excluding carboxylic acids is 1. The molecule has 0 saturated heterocycles. The van der Waals surface area contributed by atoms with Gasteiger partial charge in [0, 0.05) is 24.4 Å². The molecule has 2 N–H and O–H groups in total. The average Bonchev–Trinajstić information content (AvgIpc) is 3.29. The monoisotopic (exact) mass is 431 g/mol. The van der Waals surface area contributed by atoms with Crippen molar-refractivity contribution in [3.63, 3.8) is 0 Å². The van der Waals surface area contributed by atoms with Crippen LogP contribution in [-0.4, -0.2) is 25.7 Å². The van der Waals surface area contributed by atoms with E-state index in [1.54, 1.807) is 29.1 Å². The number of benzene rings is 2. The zero-order chi connectivity index (χ0) is 20.5. The largest absolute Gasteiger partial charge is 0.337 e. The molecule has 1 amide bonds. The highest BCUT2D eigenvalue weighted by Crippen LogP contribution is 2.32. The molecule has 0 aliphatic rings. The van der Waals surface area contributed by atoms with Crippen LogP contribution in [0.25, 0.3) is 22.4 Å². The summed E-state index contributed by atoms with van der Waals surface area (Å²) < 4.78 is 16.0. The Morgan fingerprint density at radius 3 is 2.83 bits per heavy atom. The fraction of sp³-hybridized carbons (Fsp3) is 0.150. The number of anilines is 1. The number of fused-ring (bicyclic) bond motifs is 1. The third kappa shape index (κ3) is 3.83. The number of nitrogens with one attached hydrogen (secondary N) is 2. The number of carbonyl (C=O) groups is 1. The molecule has 2 aromatic carbocycles. The Hall–Kier alpha value is -2.90. The Morgan fingerprint density at radius 2 is 2.07 bits per heavy atom. The first-order valence-electron chi connectivity index (χ1n) is 8.94. The van der Waals surface area contributed by atoms with Crippen molar-refractivity contribution in [2.24, 2.45) is 0 Å². The Kier molecular flexibility index (Phi) is 5.25. The predicted octanol–water partition coefficient (Wildman–Crippen LogP) is 5.53. The van der Waals surface area contributed by atoms with Gasteiger partial charge in [-0.1, -0.05) is 36.2 Å². The van der Waals surface area contributed by atoms with Crippen molar-refractivity contribution < 1.29 is 9.18 Å². The minimum Gasteiger partial charge on any atom is -0.337 e. The van der Waals surface area contributed by atoms with Crippen molar-refractivity contribution in [2.75, 3.05) is 5.32 Å². The molecular weight excluding hydrogens is 416 g/mol. The summed E-state index contributed by atoms with van der Waals surface area (Å²) in [5, 5.41) is 7.53. The summed E-state index contributed by atoms with van der Waals surface area (Å²) in [4.78, 5) is 20.0. The van der Waals surface area contributed by atoms with Crippen LogP contribution in [0.3, 0.4) is 0 Å². The number of halogens is 3. The molecule has 0 atom stereocenters. The normalized spacial score (nSPS) is 11.2. The number of aryl methyl sites for hydroxylation is 1. The Labute approximate surface area is 175 Å². The second kappa shape index (κ2) is 7.85.